The maximum absolute atomic E-state index is 13.2. The molecule has 0 unspecified atom stereocenters. The van der Waals surface area contributed by atoms with Crippen LogP contribution in [-0.4, -0.2) is 30.4 Å². The fraction of sp³-hybridized carbons (Fsp3) is 0.120. The van der Waals surface area contributed by atoms with E-state index in [1.807, 2.05) is 18.2 Å². The van der Waals surface area contributed by atoms with Gasteiger partial charge in [0.25, 0.3) is 0 Å². The molecule has 3 aromatic rings. The third-order valence-electron chi connectivity index (χ3n) is 5.32. The molecule has 7 N–H and O–H groups in total. The van der Waals surface area contributed by atoms with Crippen molar-refractivity contribution in [2.45, 2.75) is 6.42 Å². The molecule has 0 fully saturated rings. The zero-order valence-corrected chi connectivity index (χ0v) is 18.1. The van der Waals surface area contributed by atoms with Gasteiger partial charge < -0.3 is 15.8 Å². The molecule has 0 bridgehead atoms. The van der Waals surface area contributed by atoms with Gasteiger partial charge in [0.05, 0.1) is 7.11 Å². The van der Waals surface area contributed by atoms with E-state index in [0.717, 1.165) is 16.7 Å². The maximum atomic E-state index is 13.2. The third kappa shape index (κ3) is 4.92. The molecule has 7 nitrogen and oxygen atoms in total. The molecular weight excluding hydrogens is 425 g/mol. The Balaban J connectivity index is 0.00000149. The van der Waals surface area contributed by atoms with Crippen molar-refractivity contribution < 1.29 is 29.8 Å². The molecular formula is C25H25FN3O4+. The summed E-state index contributed by atoms with van der Waals surface area (Å²) in [5.74, 6) is 2.01. The maximum Gasteiger partial charge on any atom is 0.211 e. The molecule has 0 saturated heterocycles. The van der Waals surface area contributed by atoms with Crippen LogP contribution in [0.1, 0.15) is 26.3 Å². The summed E-state index contributed by atoms with van der Waals surface area (Å²) in [4.78, 5) is 25.2. The first-order valence-electron chi connectivity index (χ1n) is 10.2. The van der Waals surface area contributed by atoms with E-state index in [1.54, 1.807) is 43.5 Å². The van der Waals surface area contributed by atoms with Crippen molar-refractivity contribution >= 4 is 11.6 Å². The van der Waals surface area contributed by atoms with Gasteiger partial charge in [-0.1, -0.05) is 48.5 Å². The van der Waals surface area contributed by atoms with Crippen LogP contribution < -0.4 is 21.7 Å². The smallest absolute Gasteiger partial charge is 0.211 e. The van der Waals surface area contributed by atoms with Crippen LogP contribution in [0.25, 0.3) is 11.1 Å². The Kier molecular flexibility index (Phi) is 7.55. The van der Waals surface area contributed by atoms with E-state index in [4.69, 9.17) is 15.7 Å². The van der Waals surface area contributed by atoms with Crippen LogP contribution in [0, 0.1) is 5.82 Å². The van der Waals surface area contributed by atoms with Crippen molar-refractivity contribution in [1.82, 2.24) is 5.32 Å². The molecule has 0 aromatic heterocycles. The van der Waals surface area contributed by atoms with Crippen molar-refractivity contribution in [2.75, 3.05) is 13.7 Å². The van der Waals surface area contributed by atoms with Gasteiger partial charge in [0.1, 0.15) is 23.0 Å². The Morgan fingerprint density at radius 1 is 0.939 bits per heavy atom. The topological polar surface area (TPSA) is 129 Å². The van der Waals surface area contributed by atoms with Crippen LogP contribution in [-0.2, 0) is 6.42 Å². The molecule has 3 aromatic carbocycles. The van der Waals surface area contributed by atoms with Crippen molar-refractivity contribution in [2.24, 2.45) is 5.73 Å². The van der Waals surface area contributed by atoms with Gasteiger partial charge in [-0.15, -0.1) is 0 Å². The molecule has 0 radical (unpaired) electrons. The average molecular weight is 450 g/mol. The molecule has 4 rings (SSSR count). The van der Waals surface area contributed by atoms with Gasteiger partial charge >= 0.3 is 0 Å². The molecule has 8 heteroatoms. The minimum absolute atomic E-state index is 0.0673. The standard InChI is InChI=1S/C25H21FN2O3.H4NO/c1-31-21-14-17(15-8-10-18(26)11-9-15)7-6-16(21)12-13-28-23-22(27)24(29)19-4-2-3-5-20(19)25(23)30;1-2/h2-11,14,28H,12-13,27H2,1H3;2H,1H3/q;+1. The fourth-order valence-electron chi connectivity index (χ4n) is 3.67. The molecule has 1 aliphatic rings. The zero-order chi connectivity index (χ0) is 24.0. The predicted molar refractivity (Wildman–Crippen MR) is 121 cm³/mol. The summed E-state index contributed by atoms with van der Waals surface area (Å²) in [7, 11) is 1.58. The van der Waals surface area contributed by atoms with Crippen LogP contribution in [0.15, 0.2) is 78.1 Å². The predicted octanol–water partition coefficient (Wildman–Crippen LogP) is 2.50. The van der Waals surface area contributed by atoms with E-state index in [2.05, 4.69) is 11.2 Å². The van der Waals surface area contributed by atoms with E-state index in [-0.39, 0.29) is 28.8 Å². The number of ether oxygens (including phenoxy) is 1. The van der Waals surface area contributed by atoms with Crippen molar-refractivity contribution in [3.8, 4) is 16.9 Å². The summed E-state index contributed by atoms with van der Waals surface area (Å²) in [6.45, 7) is 0.392. The second-order valence-corrected chi connectivity index (χ2v) is 7.20. The van der Waals surface area contributed by atoms with Crippen molar-refractivity contribution in [1.29, 1.82) is 0 Å². The number of Topliss-reactive ketones (excluding diaryl/α,β-unsaturated/α-hetero) is 2. The highest BCUT2D eigenvalue weighted by molar-refractivity contribution is 6.26. The lowest BCUT2D eigenvalue weighted by Crippen LogP contribution is -2.42. The number of nitrogens with one attached hydrogen (secondary N) is 1. The second kappa shape index (κ2) is 10.5. The minimum Gasteiger partial charge on any atom is -0.496 e. The number of ketones is 2. The molecule has 170 valence electrons. The first-order chi connectivity index (χ1) is 16.0. The van der Waals surface area contributed by atoms with E-state index in [1.165, 1.54) is 12.1 Å². The Bertz CT molecular complexity index is 1210. The van der Waals surface area contributed by atoms with Gasteiger partial charge in [-0.25, -0.2) is 15.5 Å². The van der Waals surface area contributed by atoms with E-state index in [0.29, 0.717) is 29.8 Å². The number of benzene rings is 3. The number of halogens is 1. The van der Waals surface area contributed by atoms with Gasteiger partial charge in [-0.05, 0) is 41.3 Å². The Hall–Kier alpha value is -4.01. The molecule has 0 aliphatic heterocycles. The van der Waals surface area contributed by atoms with Gasteiger partial charge in [-0.2, -0.15) is 0 Å². The largest absolute Gasteiger partial charge is 0.496 e. The molecule has 1 aliphatic carbocycles. The molecule has 0 atom stereocenters. The number of hydrogen-bond donors (Lipinski definition) is 4. The molecule has 0 spiro atoms. The first kappa shape index (κ1) is 23.6. The van der Waals surface area contributed by atoms with Crippen LogP contribution in [0.5, 0.6) is 5.75 Å². The van der Waals surface area contributed by atoms with Gasteiger partial charge in [0.2, 0.25) is 11.6 Å². The molecule has 33 heavy (non-hydrogen) atoms. The summed E-state index contributed by atoms with van der Waals surface area (Å²) in [5.41, 5.74) is 9.41. The van der Waals surface area contributed by atoms with Crippen molar-refractivity contribution in [3.63, 3.8) is 0 Å². The summed E-state index contributed by atoms with van der Waals surface area (Å²) >= 11 is 0. The number of carbonyl (C=O) groups is 2. The summed E-state index contributed by atoms with van der Waals surface area (Å²) < 4.78 is 18.7. The molecule has 0 heterocycles. The number of hydrogen-bond acceptors (Lipinski definition) is 6. The Morgan fingerprint density at radius 3 is 2.18 bits per heavy atom. The highest BCUT2D eigenvalue weighted by atomic mass is 19.1. The number of quaternary nitrogens is 1. The quantitative estimate of drug-likeness (QED) is 0.427. The van der Waals surface area contributed by atoms with E-state index >= 15 is 0 Å². The summed E-state index contributed by atoms with van der Waals surface area (Å²) in [6, 6.07) is 18.7. The van der Waals surface area contributed by atoms with Crippen molar-refractivity contribution in [3.05, 3.63) is 101 Å². The number of fused-ring (bicyclic) bond motifs is 1. The lowest BCUT2D eigenvalue weighted by Gasteiger charge is -2.20. The second-order valence-electron chi connectivity index (χ2n) is 7.20. The number of carbonyl (C=O) groups excluding carboxylic acids is 2. The molecule has 0 saturated carbocycles. The Labute approximate surface area is 190 Å². The summed E-state index contributed by atoms with van der Waals surface area (Å²) in [6.07, 6.45) is 0.548. The van der Waals surface area contributed by atoms with Gasteiger partial charge in [0.15, 0.2) is 0 Å². The van der Waals surface area contributed by atoms with Crippen LogP contribution in [0.2, 0.25) is 0 Å². The van der Waals surface area contributed by atoms with E-state index in [9.17, 15) is 14.0 Å². The molecule has 0 amide bonds. The monoisotopic (exact) mass is 450 g/mol. The number of allylic oxidation sites excluding steroid dienone is 2. The third-order valence-corrected chi connectivity index (χ3v) is 5.32. The SMILES string of the molecule is COc1cc(-c2ccc(F)cc2)ccc1CCNC1=C(N)C(=O)c2ccccc2C1=O.[NH3+]O. The average Bonchev–Trinajstić information content (AvgIpc) is 2.86. The minimum atomic E-state index is -0.348. The van der Waals surface area contributed by atoms with Crippen LogP contribution in [0.4, 0.5) is 4.39 Å². The normalized spacial score (nSPS) is 12.6. The number of methoxy groups -OCH3 is 1. The highest BCUT2D eigenvalue weighted by Gasteiger charge is 2.30. The number of nitrogens with two attached hydrogens (primary N) is 1. The van der Waals surface area contributed by atoms with Crippen LogP contribution in [0.3, 0.4) is 0 Å². The zero-order valence-electron chi connectivity index (χ0n) is 18.1. The lowest BCUT2D eigenvalue weighted by atomic mass is 9.90. The first-order valence-corrected chi connectivity index (χ1v) is 10.2. The lowest BCUT2D eigenvalue weighted by molar-refractivity contribution is -0.670. The Morgan fingerprint density at radius 2 is 1.55 bits per heavy atom. The van der Waals surface area contributed by atoms with Gasteiger partial charge in [0, 0.05) is 17.7 Å². The fourth-order valence-corrected chi connectivity index (χ4v) is 3.67. The number of rotatable bonds is 6. The van der Waals surface area contributed by atoms with Crippen LogP contribution >= 0.6 is 0 Å². The summed E-state index contributed by atoms with van der Waals surface area (Å²) in [5, 5.41) is 9.78. The van der Waals surface area contributed by atoms with Gasteiger partial charge in [-0.3, -0.25) is 9.59 Å². The van der Waals surface area contributed by atoms with E-state index < -0.39 is 0 Å². The highest BCUT2D eigenvalue weighted by Crippen LogP contribution is 2.28.